The summed E-state index contributed by atoms with van der Waals surface area (Å²) in [4.78, 5) is 0. The molecule has 0 bridgehead atoms. The quantitative estimate of drug-likeness (QED) is 0.821. The summed E-state index contributed by atoms with van der Waals surface area (Å²) in [5, 5.41) is 8.24. The predicted molar refractivity (Wildman–Crippen MR) is 90.6 cm³/mol. The van der Waals surface area contributed by atoms with Crippen LogP contribution in [0.3, 0.4) is 0 Å². The van der Waals surface area contributed by atoms with E-state index in [1.165, 1.54) is 21.7 Å². The van der Waals surface area contributed by atoms with E-state index in [2.05, 4.69) is 34.5 Å². The molecule has 4 rings (SSSR count). The first-order valence-electron chi connectivity index (χ1n) is 8.47. The molecular weight excluding hydrogens is 342 g/mol. The van der Waals surface area contributed by atoms with Gasteiger partial charge in [0.1, 0.15) is 6.10 Å². The van der Waals surface area contributed by atoms with Crippen molar-refractivity contribution in [3.05, 3.63) is 47.2 Å². The fourth-order valence-electron chi connectivity index (χ4n) is 3.62. The van der Waals surface area contributed by atoms with Crippen molar-refractivity contribution in [2.24, 2.45) is 0 Å². The number of sulfonamides is 1. The highest BCUT2D eigenvalue weighted by Gasteiger charge is 2.31. The lowest BCUT2D eigenvalue weighted by molar-refractivity contribution is -0.0176. The highest BCUT2D eigenvalue weighted by Crippen LogP contribution is 2.35. The van der Waals surface area contributed by atoms with Gasteiger partial charge in [0, 0.05) is 19.5 Å². The maximum absolute atomic E-state index is 11.7. The minimum Gasteiger partial charge on any atom is -0.422 e. The van der Waals surface area contributed by atoms with Crippen LogP contribution in [0.25, 0.3) is 0 Å². The molecule has 1 aliphatic carbocycles. The second-order valence-electron chi connectivity index (χ2n) is 6.65. The second kappa shape index (κ2) is 6.51. The van der Waals surface area contributed by atoms with Crippen molar-refractivity contribution in [2.75, 3.05) is 26.0 Å². The molecule has 2 aliphatic rings. The monoisotopic (exact) mass is 363 g/mol. The van der Waals surface area contributed by atoms with Crippen molar-refractivity contribution >= 4 is 10.0 Å². The van der Waals surface area contributed by atoms with Gasteiger partial charge in [-0.3, -0.25) is 0 Å². The number of ether oxygens (including phenoxy) is 1. The summed E-state index contributed by atoms with van der Waals surface area (Å²) in [6.45, 7) is 0.896. The average molecular weight is 363 g/mol. The van der Waals surface area contributed by atoms with Gasteiger partial charge in [0.15, 0.2) is 0 Å². The van der Waals surface area contributed by atoms with Crippen molar-refractivity contribution in [1.82, 2.24) is 14.5 Å². The third-order valence-electron chi connectivity index (χ3n) is 4.93. The topological polar surface area (TPSA) is 85.5 Å². The van der Waals surface area contributed by atoms with Crippen LogP contribution in [-0.2, 0) is 27.6 Å². The van der Waals surface area contributed by atoms with Gasteiger partial charge in [0.25, 0.3) is 0 Å². The van der Waals surface area contributed by atoms with E-state index < -0.39 is 16.1 Å². The lowest BCUT2D eigenvalue weighted by Crippen LogP contribution is -2.41. The number of aryl methyl sites for hydroxylation is 1. The third kappa shape index (κ3) is 3.47. The normalized spacial score (nSPS) is 24.4. The van der Waals surface area contributed by atoms with E-state index in [1.54, 1.807) is 0 Å². The predicted octanol–water partition coefficient (Wildman–Crippen LogP) is 1.67. The average Bonchev–Trinajstić information content (AvgIpc) is 3.22. The lowest BCUT2D eigenvalue weighted by atomic mass is 9.98. The van der Waals surface area contributed by atoms with Crippen molar-refractivity contribution in [1.29, 1.82) is 0 Å². The van der Waals surface area contributed by atoms with Gasteiger partial charge in [-0.2, -0.15) is 4.31 Å². The molecule has 1 aromatic carbocycles. The van der Waals surface area contributed by atoms with Crippen molar-refractivity contribution in [2.45, 2.75) is 31.3 Å². The first-order valence-corrected chi connectivity index (χ1v) is 10.3. The maximum atomic E-state index is 11.7. The van der Waals surface area contributed by atoms with E-state index >= 15 is 0 Å². The number of hydrogen-bond donors (Lipinski definition) is 0. The zero-order chi connectivity index (χ0) is 17.4. The molecule has 1 aliphatic heterocycles. The summed E-state index contributed by atoms with van der Waals surface area (Å²) >= 11 is 0. The molecule has 1 saturated heterocycles. The van der Waals surface area contributed by atoms with E-state index in [4.69, 9.17) is 9.15 Å². The first kappa shape index (κ1) is 16.7. The zero-order valence-corrected chi connectivity index (χ0v) is 14.9. The van der Waals surface area contributed by atoms with Gasteiger partial charge < -0.3 is 9.15 Å². The largest absolute Gasteiger partial charge is 0.422 e. The summed E-state index contributed by atoms with van der Waals surface area (Å²) < 4.78 is 36.2. The van der Waals surface area contributed by atoms with Gasteiger partial charge in [0.05, 0.1) is 12.9 Å². The Balaban J connectivity index is 1.46. The molecule has 0 N–H and O–H groups in total. The summed E-state index contributed by atoms with van der Waals surface area (Å²) in [6, 6.07) is 8.47. The van der Waals surface area contributed by atoms with Crippen LogP contribution in [0.5, 0.6) is 0 Å². The smallest absolute Gasteiger partial charge is 0.246 e. The Hall–Kier alpha value is -1.77. The van der Waals surface area contributed by atoms with Gasteiger partial charge in [-0.1, -0.05) is 24.3 Å². The van der Waals surface area contributed by atoms with E-state index in [9.17, 15) is 8.42 Å². The van der Waals surface area contributed by atoms with Crippen LogP contribution < -0.4 is 0 Å². The number of fused-ring (bicyclic) bond motifs is 1. The minimum absolute atomic E-state index is 0.215. The lowest BCUT2D eigenvalue weighted by Gasteiger charge is -2.29. The molecular formula is C17H21N3O4S. The zero-order valence-electron chi connectivity index (χ0n) is 14.1. The van der Waals surface area contributed by atoms with Crippen LogP contribution in [0.1, 0.15) is 41.4 Å². The Labute approximate surface area is 147 Å². The molecule has 2 atom stereocenters. The van der Waals surface area contributed by atoms with Crippen LogP contribution in [0.2, 0.25) is 0 Å². The number of hydrogen-bond acceptors (Lipinski definition) is 6. The number of benzene rings is 1. The Bertz CT molecular complexity index is 864. The number of morpholine rings is 1. The van der Waals surface area contributed by atoms with E-state index in [-0.39, 0.29) is 6.54 Å². The number of rotatable bonds is 4. The van der Waals surface area contributed by atoms with Crippen molar-refractivity contribution in [3.63, 3.8) is 0 Å². The number of nitrogens with zero attached hydrogens (tertiary/aromatic N) is 3. The molecule has 1 fully saturated rings. The highest BCUT2D eigenvalue weighted by molar-refractivity contribution is 7.88. The molecule has 0 amide bonds. The van der Waals surface area contributed by atoms with Crippen molar-refractivity contribution < 1.29 is 17.6 Å². The Morgan fingerprint density at radius 2 is 2.12 bits per heavy atom. The van der Waals surface area contributed by atoms with Gasteiger partial charge in [-0.05, 0) is 29.9 Å². The van der Waals surface area contributed by atoms with E-state index in [1.807, 2.05) is 0 Å². The molecule has 0 spiro atoms. The Kier molecular flexibility index (Phi) is 4.35. The van der Waals surface area contributed by atoms with Gasteiger partial charge in [-0.25, -0.2) is 8.42 Å². The molecule has 7 nitrogen and oxygen atoms in total. The van der Waals surface area contributed by atoms with E-state index in [0.29, 0.717) is 37.3 Å². The summed E-state index contributed by atoms with van der Waals surface area (Å²) in [5.74, 6) is 1.33. The van der Waals surface area contributed by atoms with Crippen molar-refractivity contribution in [3.8, 4) is 0 Å². The molecule has 134 valence electrons. The standard InChI is InChI=1S/C17H21N3O4S/c1-25(21,22)20-8-9-23-15(11-20)17-19-18-16(24-17)10-13-7-6-12-4-2-3-5-14(12)13/h2-5,13,15H,6-11H2,1H3/t13-,15-/m1/s1. The van der Waals surface area contributed by atoms with Crippen LogP contribution in [0.15, 0.2) is 28.7 Å². The number of aromatic nitrogens is 2. The highest BCUT2D eigenvalue weighted by atomic mass is 32.2. The Morgan fingerprint density at radius 3 is 2.96 bits per heavy atom. The fourth-order valence-corrected chi connectivity index (χ4v) is 4.44. The summed E-state index contributed by atoms with van der Waals surface area (Å²) in [5.41, 5.74) is 2.76. The second-order valence-corrected chi connectivity index (χ2v) is 8.64. The van der Waals surface area contributed by atoms with Gasteiger partial charge >= 0.3 is 0 Å². The van der Waals surface area contributed by atoms with Gasteiger partial charge in [-0.15, -0.1) is 10.2 Å². The van der Waals surface area contributed by atoms with E-state index in [0.717, 1.165) is 12.8 Å². The van der Waals surface area contributed by atoms with Crippen LogP contribution in [0.4, 0.5) is 0 Å². The summed E-state index contributed by atoms with van der Waals surface area (Å²) in [7, 11) is -3.25. The first-order chi connectivity index (χ1) is 12.0. The molecule has 2 aromatic rings. The molecule has 0 unspecified atom stereocenters. The molecule has 1 aromatic heterocycles. The SMILES string of the molecule is CS(=O)(=O)N1CCO[C@@H](c2nnc(C[C@H]3CCc4ccccc43)o2)C1. The molecule has 0 saturated carbocycles. The Morgan fingerprint density at radius 1 is 1.28 bits per heavy atom. The molecule has 2 heterocycles. The third-order valence-corrected chi connectivity index (χ3v) is 6.20. The van der Waals surface area contributed by atoms with Crippen LogP contribution >= 0.6 is 0 Å². The molecule has 25 heavy (non-hydrogen) atoms. The molecule has 0 radical (unpaired) electrons. The molecule has 8 heteroatoms. The maximum Gasteiger partial charge on any atom is 0.246 e. The summed E-state index contributed by atoms with van der Waals surface area (Å²) in [6.07, 6.45) is 3.56. The fraction of sp³-hybridized carbons (Fsp3) is 0.529. The van der Waals surface area contributed by atoms with Crippen LogP contribution in [-0.4, -0.2) is 48.9 Å². The minimum atomic E-state index is -3.25. The van der Waals surface area contributed by atoms with Crippen LogP contribution in [0, 0.1) is 0 Å². The van der Waals surface area contributed by atoms with Gasteiger partial charge in [0.2, 0.25) is 21.8 Å².